The summed E-state index contributed by atoms with van der Waals surface area (Å²) in [5.41, 5.74) is 0. The second-order valence-corrected chi connectivity index (χ2v) is 10.6. The van der Waals surface area contributed by atoms with E-state index in [2.05, 4.69) is 32.9 Å². The first-order chi connectivity index (χ1) is 11.4. The monoisotopic (exact) mass is 366 g/mol. The van der Waals surface area contributed by atoms with Gasteiger partial charge in [0.05, 0.1) is 12.0 Å². The van der Waals surface area contributed by atoms with E-state index in [1.165, 1.54) is 31.0 Å². The molecule has 1 aliphatic rings. The van der Waals surface area contributed by atoms with Crippen LogP contribution < -0.4 is 0 Å². The van der Waals surface area contributed by atoms with E-state index < -0.39 is 6.10 Å². The highest BCUT2D eigenvalue weighted by Crippen LogP contribution is 2.36. The van der Waals surface area contributed by atoms with Gasteiger partial charge in [-0.05, 0) is 30.9 Å². The smallest absolute Gasteiger partial charge is 0.195 e. The molecule has 1 aliphatic carbocycles. The number of benzene rings is 1. The molecule has 1 aromatic carbocycles. The van der Waals surface area contributed by atoms with Gasteiger partial charge < -0.3 is 5.11 Å². The van der Waals surface area contributed by atoms with Crippen LogP contribution in [0, 0.1) is 11.8 Å². The van der Waals surface area contributed by atoms with Crippen LogP contribution in [-0.2, 0) is 4.79 Å². The van der Waals surface area contributed by atoms with Crippen molar-refractivity contribution in [2.75, 3.05) is 5.75 Å². The SMILES string of the molecule is CC(C)(C)SC(=O)[C@@H](CSc1ccccc1)[C@H](O)C1CCCCC1. The number of aliphatic hydroxyl groups is 1. The van der Waals surface area contributed by atoms with Crippen molar-refractivity contribution < 1.29 is 9.90 Å². The number of carbonyl (C=O) groups excluding carboxylic acids is 1. The fourth-order valence-corrected chi connectivity index (χ4v) is 5.34. The van der Waals surface area contributed by atoms with Gasteiger partial charge in [0, 0.05) is 15.4 Å². The van der Waals surface area contributed by atoms with Gasteiger partial charge in [-0.3, -0.25) is 4.79 Å². The molecule has 0 unspecified atom stereocenters. The van der Waals surface area contributed by atoms with Gasteiger partial charge >= 0.3 is 0 Å². The van der Waals surface area contributed by atoms with Gasteiger partial charge in [0.1, 0.15) is 0 Å². The van der Waals surface area contributed by atoms with Crippen LogP contribution in [0.1, 0.15) is 52.9 Å². The molecule has 2 atom stereocenters. The summed E-state index contributed by atoms with van der Waals surface area (Å²) in [6.45, 7) is 6.18. The number of rotatable bonds is 6. The maximum Gasteiger partial charge on any atom is 0.195 e. The molecule has 0 aliphatic heterocycles. The van der Waals surface area contributed by atoms with Gasteiger partial charge in [-0.1, -0.05) is 70.0 Å². The van der Waals surface area contributed by atoms with Crippen LogP contribution in [0.3, 0.4) is 0 Å². The Labute approximate surface area is 155 Å². The highest BCUT2D eigenvalue weighted by atomic mass is 32.2. The molecule has 0 aromatic heterocycles. The van der Waals surface area contributed by atoms with Crippen molar-refractivity contribution in [3.8, 4) is 0 Å². The third-order valence-electron chi connectivity index (χ3n) is 4.43. The number of hydrogen-bond acceptors (Lipinski definition) is 4. The highest BCUT2D eigenvalue weighted by Gasteiger charge is 2.35. The summed E-state index contributed by atoms with van der Waals surface area (Å²) < 4.78 is -0.112. The molecule has 1 fully saturated rings. The van der Waals surface area contributed by atoms with Crippen LogP contribution in [0.2, 0.25) is 0 Å². The first-order valence-corrected chi connectivity index (χ1v) is 10.8. The lowest BCUT2D eigenvalue weighted by atomic mass is 9.81. The molecule has 24 heavy (non-hydrogen) atoms. The molecule has 2 nitrogen and oxygen atoms in total. The van der Waals surface area contributed by atoms with Crippen LogP contribution in [0.15, 0.2) is 35.2 Å². The Morgan fingerprint density at radius 3 is 2.38 bits per heavy atom. The van der Waals surface area contributed by atoms with Crippen LogP contribution in [0.4, 0.5) is 0 Å². The van der Waals surface area contributed by atoms with Crippen LogP contribution in [0.5, 0.6) is 0 Å². The topological polar surface area (TPSA) is 37.3 Å². The van der Waals surface area contributed by atoms with Crippen LogP contribution in [-0.4, -0.2) is 26.8 Å². The molecule has 0 bridgehead atoms. The van der Waals surface area contributed by atoms with Crippen LogP contribution in [0.25, 0.3) is 0 Å². The lowest BCUT2D eigenvalue weighted by Crippen LogP contribution is -2.37. The zero-order valence-corrected chi connectivity index (χ0v) is 16.7. The van der Waals surface area contributed by atoms with Crippen LogP contribution >= 0.6 is 23.5 Å². The summed E-state index contributed by atoms with van der Waals surface area (Å²) >= 11 is 3.06. The first kappa shape index (κ1) is 19.9. The average molecular weight is 367 g/mol. The normalized spacial score (nSPS) is 19.0. The number of aliphatic hydroxyl groups excluding tert-OH is 1. The van der Waals surface area contributed by atoms with E-state index in [0.29, 0.717) is 5.75 Å². The molecule has 1 N–H and O–H groups in total. The molecular formula is C20H30O2S2. The van der Waals surface area contributed by atoms with Gasteiger partial charge in [0.15, 0.2) is 5.12 Å². The number of carbonyl (C=O) groups is 1. The minimum absolute atomic E-state index is 0.112. The van der Waals surface area contributed by atoms with E-state index in [1.807, 2.05) is 18.2 Å². The van der Waals surface area contributed by atoms with E-state index in [0.717, 1.165) is 17.7 Å². The van der Waals surface area contributed by atoms with Crippen molar-refractivity contribution >= 4 is 28.6 Å². The molecule has 2 rings (SSSR count). The second-order valence-electron chi connectivity index (χ2n) is 7.65. The van der Waals surface area contributed by atoms with Crippen molar-refractivity contribution in [2.24, 2.45) is 11.8 Å². The summed E-state index contributed by atoms with van der Waals surface area (Å²) in [5.74, 6) is 0.649. The molecule has 0 amide bonds. The summed E-state index contributed by atoms with van der Waals surface area (Å²) in [5, 5.41) is 11.1. The summed E-state index contributed by atoms with van der Waals surface area (Å²) in [6.07, 6.45) is 5.23. The molecule has 0 heterocycles. The van der Waals surface area contributed by atoms with E-state index >= 15 is 0 Å². The minimum Gasteiger partial charge on any atom is -0.392 e. The maximum absolute atomic E-state index is 12.9. The Hall–Kier alpha value is -0.450. The zero-order chi connectivity index (χ0) is 17.6. The predicted molar refractivity (Wildman–Crippen MR) is 106 cm³/mol. The third kappa shape index (κ3) is 6.45. The molecule has 0 saturated heterocycles. The molecule has 0 spiro atoms. The Morgan fingerprint density at radius 2 is 1.79 bits per heavy atom. The first-order valence-electron chi connectivity index (χ1n) is 8.95. The summed E-state index contributed by atoms with van der Waals surface area (Å²) in [4.78, 5) is 14.0. The van der Waals surface area contributed by atoms with Crippen molar-refractivity contribution in [3.63, 3.8) is 0 Å². The number of hydrogen-bond donors (Lipinski definition) is 1. The quantitative estimate of drug-likeness (QED) is 0.685. The Morgan fingerprint density at radius 1 is 1.17 bits per heavy atom. The van der Waals surface area contributed by atoms with Crippen molar-refractivity contribution in [3.05, 3.63) is 30.3 Å². The fourth-order valence-electron chi connectivity index (χ4n) is 3.19. The van der Waals surface area contributed by atoms with Crippen molar-refractivity contribution in [1.82, 2.24) is 0 Å². The highest BCUT2D eigenvalue weighted by molar-refractivity contribution is 8.14. The summed E-state index contributed by atoms with van der Waals surface area (Å²) in [7, 11) is 0. The molecule has 134 valence electrons. The maximum atomic E-state index is 12.9. The predicted octanol–water partition coefficient (Wildman–Crippen LogP) is 5.39. The molecule has 4 heteroatoms. The summed E-state index contributed by atoms with van der Waals surface area (Å²) in [6, 6.07) is 10.2. The fraction of sp³-hybridized carbons (Fsp3) is 0.650. The van der Waals surface area contributed by atoms with E-state index in [1.54, 1.807) is 11.8 Å². The van der Waals surface area contributed by atoms with Gasteiger partial charge in [0.2, 0.25) is 0 Å². The minimum atomic E-state index is -0.510. The number of thioether (sulfide) groups is 2. The van der Waals surface area contributed by atoms with Gasteiger partial charge in [-0.15, -0.1) is 11.8 Å². The van der Waals surface area contributed by atoms with E-state index in [-0.39, 0.29) is 21.7 Å². The van der Waals surface area contributed by atoms with E-state index in [4.69, 9.17) is 0 Å². The van der Waals surface area contributed by atoms with Gasteiger partial charge in [-0.2, -0.15) is 0 Å². The standard InChI is InChI=1S/C20H30O2S2/c1-20(2,3)24-19(22)17(14-23-16-12-8-5-9-13-16)18(21)15-10-6-4-7-11-15/h5,8-9,12-13,15,17-18,21H,4,6-7,10-11,14H2,1-3H3/t17-,18+/m0/s1. The average Bonchev–Trinajstić information content (AvgIpc) is 2.55. The lowest BCUT2D eigenvalue weighted by Gasteiger charge is -2.32. The largest absolute Gasteiger partial charge is 0.392 e. The molecule has 0 radical (unpaired) electrons. The Kier molecular flexibility index (Phi) is 7.70. The zero-order valence-electron chi connectivity index (χ0n) is 15.0. The van der Waals surface area contributed by atoms with Gasteiger partial charge in [0.25, 0.3) is 0 Å². The second kappa shape index (κ2) is 9.30. The molecule has 1 saturated carbocycles. The van der Waals surface area contributed by atoms with E-state index in [9.17, 15) is 9.90 Å². The lowest BCUT2D eigenvalue weighted by molar-refractivity contribution is -0.118. The Balaban J connectivity index is 2.06. The Bertz CT molecular complexity index is 504. The third-order valence-corrected chi connectivity index (χ3v) is 6.67. The van der Waals surface area contributed by atoms with Crippen molar-refractivity contribution in [2.45, 2.75) is 68.6 Å². The van der Waals surface area contributed by atoms with Gasteiger partial charge in [-0.25, -0.2) is 0 Å². The van der Waals surface area contributed by atoms with Crippen molar-refractivity contribution in [1.29, 1.82) is 0 Å². The molecular weight excluding hydrogens is 336 g/mol. The molecule has 1 aromatic rings.